The maximum atomic E-state index is 14.6. The van der Waals surface area contributed by atoms with Crippen LogP contribution in [0.3, 0.4) is 0 Å². The topological polar surface area (TPSA) is 284 Å². The van der Waals surface area contributed by atoms with Gasteiger partial charge in [-0.2, -0.15) is 0 Å². The molecule has 58 heavy (non-hydrogen) atoms. The fraction of sp³-hybridized carbons (Fsp3) is 0.900. The van der Waals surface area contributed by atoms with E-state index in [1.165, 1.54) is 5.57 Å². The molecular formula is C40H67NO17. The Morgan fingerprint density at radius 1 is 0.690 bits per heavy atom. The Hall–Kier alpha value is -1.88. The molecular weight excluding hydrogens is 766 g/mol. The zero-order chi connectivity index (χ0) is 42.7. The Morgan fingerprint density at radius 3 is 1.76 bits per heavy atom. The van der Waals surface area contributed by atoms with Crippen LogP contribution in [0, 0.1) is 22.7 Å². The highest BCUT2D eigenvalue weighted by atomic mass is 16.8. The van der Waals surface area contributed by atoms with Crippen LogP contribution in [0.2, 0.25) is 0 Å². The van der Waals surface area contributed by atoms with Gasteiger partial charge in [0.1, 0.15) is 67.1 Å². The normalized spacial score (nSPS) is 46.5. The van der Waals surface area contributed by atoms with E-state index in [1.807, 2.05) is 6.92 Å². The van der Waals surface area contributed by atoms with Gasteiger partial charge in [0, 0.05) is 6.92 Å². The van der Waals surface area contributed by atoms with Gasteiger partial charge in [0.05, 0.1) is 25.2 Å². The first-order valence-electron chi connectivity index (χ1n) is 20.8. The largest absolute Gasteiger partial charge is 0.432 e. The first-order valence-corrected chi connectivity index (χ1v) is 20.8. The molecule has 0 bridgehead atoms. The van der Waals surface area contributed by atoms with Crippen LogP contribution in [-0.2, 0) is 38.0 Å². The van der Waals surface area contributed by atoms with Crippen molar-refractivity contribution in [3.8, 4) is 0 Å². The molecule has 5 rings (SSSR count). The van der Waals surface area contributed by atoms with Crippen molar-refractivity contribution in [1.29, 1.82) is 0 Å². The van der Waals surface area contributed by atoms with Gasteiger partial charge in [0.15, 0.2) is 18.7 Å². The number of hydrogen-bond donors (Lipinski definition) is 10. The van der Waals surface area contributed by atoms with Gasteiger partial charge in [-0.1, -0.05) is 45.3 Å². The molecule has 1 amide bonds. The monoisotopic (exact) mass is 833 g/mol. The molecule has 0 aromatic rings. The lowest BCUT2D eigenvalue weighted by atomic mass is 9.53. The highest BCUT2D eigenvalue weighted by molar-refractivity contribution is 5.77. The molecule has 0 unspecified atom stereocenters. The molecule has 19 atom stereocenters. The van der Waals surface area contributed by atoms with Gasteiger partial charge < -0.3 is 79.7 Å². The average molecular weight is 834 g/mol. The predicted octanol–water partition coefficient (Wildman–Crippen LogP) is -1.13. The molecule has 0 radical (unpaired) electrons. The number of rotatable bonds is 12. The molecule has 334 valence electrons. The molecule has 2 saturated carbocycles. The molecule has 5 fully saturated rings. The van der Waals surface area contributed by atoms with Gasteiger partial charge >= 0.3 is 5.97 Å². The average Bonchev–Trinajstić information content (AvgIpc) is 3.28. The van der Waals surface area contributed by atoms with Crippen LogP contribution in [0.5, 0.6) is 0 Å². The molecule has 0 aromatic carbocycles. The Labute approximate surface area is 339 Å². The first-order chi connectivity index (χ1) is 27.4. The van der Waals surface area contributed by atoms with Gasteiger partial charge in [-0.05, 0) is 69.1 Å². The second-order valence-electron chi connectivity index (χ2n) is 17.5. The molecule has 10 N–H and O–H groups in total. The quantitative estimate of drug-likeness (QED) is 0.0823. The SMILES string of the molecule is C=C(CC)[C@H]1CCC[C@H]2[C@](C)(CCC1)CCC[C@@]2(C)C(=O)O[C@@H]1O[C@H](CO)[C@@H](O)[C@H](O)[C@H]1O[C@@H]1O[C@H](CO)[C@@H](O)[C@H](O)[C@H]1O[C@@H]1O[C@H](CO)[C@@H](O)[C@H](O)[C@H]1NC(C)=O. The molecule has 18 heteroatoms. The number of nitrogens with one attached hydrogen (secondary N) is 1. The second kappa shape index (κ2) is 19.9. The van der Waals surface area contributed by atoms with Crippen molar-refractivity contribution < 1.29 is 84.0 Å². The third kappa shape index (κ3) is 9.75. The van der Waals surface area contributed by atoms with Gasteiger partial charge in [0.25, 0.3) is 0 Å². The van der Waals surface area contributed by atoms with Crippen molar-refractivity contribution >= 4 is 11.9 Å². The minimum absolute atomic E-state index is 0.0768. The fourth-order valence-corrected chi connectivity index (χ4v) is 10.1. The number of allylic oxidation sites excluding steroid dienone is 1. The van der Waals surface area contributed by atoms with E-state index in [1.54, 1.807) is 0 Å². The summed E-state index contributed by atoms with van der Waals surface area (Å²) in [5.74, 6) is -0.962. The fourth-order valence-electron chi connectivity index (χ4n) is 10.1. The Morgan fingerprint density at radius 2 is 1.19 bits per heavy atom. The lowest BCUT2D eigenvalue weighted by Crippen LogP contribution is -2.68. The van der Waals surface area contributed by atoms with E-state index in [9.17, 15) is 55.5 Å². The summed E-state index contributed by atoms with van der Waals surface area (Å²) >= 11 is 0. The minimum Gasteiger partial charge on any atom is -0.432 e. The number of aliphatic hydroxyl groups excluding tert-OH is 9. The maximum absolute atomic E-state index is 14.6. The van der Waals surface area contributed by atoms with Crippen molar-refractivity contribution in [2.24, 2.45) is 22.7 Å². The zero-order valence-electron chi connectivity index (χ0n) is 34.0. The van der Waals surface area contributed by atoms with E-state index < -0.39 is 129 Å². The number of hydrogen-bond acceptors (Lipinski definition) is 17. The Balaban J connectivity index is 1.43. The molecule has 0 spiro atoms. The van der Waals surface area contributed by atoms with Gasteiger partial charge in [-0.25, -0.2) is 0 Å². The van der Waals surface area contributed by atoms with E-state index in [4.69, 9.17) is 28.4 Å². The maximum Gasteiger partial charge on any atom is 0.314 e. The van der Waals surface area contributed by atoms with E-state index in [-0.39, 0.29) is 11.3 Å². The lowest BCUT2D eigenvalue weighted by molar-refractivity contribution is -0.385. The molecule has 3 saturated heterocycles. The summed E-state index contributed by atoms with van der Waals surface area (Å²) in [6, 6.07) is -1.49. The number of carbonyl (C=O) groups is 2. The van der Waals surface area contributed by atoms with E-state index in [2.05, 4.69) is 25.7 Å². The smallest absolute Gasteiger partial charge is 0.314 e. The lowest BCUT2D eigenvalue weighted by Gasteiger charge is -2.52. The van der Waals surface area contributed by atoms with Crippen LogP contribution in [0.15, 0.2) is 12.2 Å². The highest BCUT2D eigenvalue weighted by Crippen LogP contribution is 2.57. The van der Waals surface area contributed by atoms with Crippen molar-refractivity contribution in [3.63, 3.8) is 0 Å². The predicted molar refractivity (Wildman–Crippen MR) is 201 cm³/mol. The second-order valence-corrected chi connectivity index (χ2v) is 17.5. The third-order valence-corrected chi connectivity index (χ3v) is 13.6. The summed E-state index contributed by atoms with van der Waals surface area (Å²) < 4.78 is 35.6. The molecule has 18 nitrogen and oxygen atoms in total. The Kier molecular flexibility index (Phi) is 16.2. The van der Waals surface area contributed by atoms with Gasteiger partial charge in [0.2, 0.25) is 12.2 Å². The molecule has 5 aliphatic rings. The summed E-state index contributed by atoms with van der Waals surface area (Å²) in [6.45, 7) is 9.28. The third-order valence-electron chi connectivity index (χ3n) is 13.6. The summed E-state index contributed by atoms with van der Waals surface area (Å²) in [5.41, 5.74) is 0.0647. The Bertz CT molecular complexity index is 1390. The van der Waals surface area contributed by atoms with Crippen LogP contribution in [-0.4, -0.2) is 170 Å². The number of fused-ring (bicyclic) bond motifs is 1. The molecule has 0 aromatic heterocycles. The van der Waals surface area contributed by atoms with Crippen LogP contribution < -0.4 is 5.32 Å². The zero-order valence-corrected chi connectivity index (χ0v) is 34.0. The number of esters is 1. The van der Waals surface area contributed by atoms with Crippen LogP contribution in [0.1, 0.15) is 91.9 Å². The van der Waals surface area contributed by atoms with E-state index >= 15 is 0 Å². The van der Waals surface area contributed by atoms with Crippen molar-refractivity contribution in [3.05, 3.63) is 12.2 Å². The van der Waals surface area contributed by atoms with Crippen molar-refractivity contribution in [1.82, 2.24) is 5.32 Å². The summed E-state index contributed by atoms with van der Waals surface area (Å²) in [5, 5.41) is 98.4. The van der Waals surface area contributed by atoms with E-state index in [0.29, 0.717) is 12.3 Å². The van der Waals surface area contributed by atoms with Crippen LogP contribution in [0.25, 0.3) is 0 Å². The molecule has 2 aliphatic carbocycles. The van der Waals surface area contributed by atoms with Crippen molar-refractivity contribution in [2.45, 2.75) is 184 Å². The number of carbonyl (C=O) groups excluding carboxylic acids is 2. The minimum atomic E-state index is -1.94. The van der Waals surface area contributed by atoms with Crippen LogP contribution in [0.4, 0.5) is 0 Å². The number of ether oxygens (including phenoxy) is 6. The number of amides is 1. The van der Waals surface area contributed by atoms with Crippen molar-refractivity contribution in [2.75, 3.05) is 19.8 Å². The molecule has 3 aliphatic heterocycles. The first kappa shape index (κ1) is 47.2. The summed E-state index contributed by atoms with van der Waals surface area (Å²) in [4.78, 5) is 26.7. The van der Waals surface area contributed by atoms with E-state index in [0.717, 1.165) is 64.7 Å². The summed E-state index contributed by atoms with van der Waals surface area (Å²) in [7, 11) is 0. The molecule has 3 heterocycles. The van der Waals surface area contributed by atoms with Crippen LogP contribution >= 0.6 is 0 Å². The van der Waals surface area contributed by atoms with Gasteiger partial charge in [-0.15, -0.1) is 0 Å². The van der Waals surface area contributed by atoms with Gasteiger partial charge in [-0.3, -0.25) is 9.59 Å². The standard InChI is InChI=1S/C40H67NO17/c1-6-19(2)21-10-7-12-25-39(4,13-8-11-21)14-9-15-40(25,5)38(52)58-37-34(32(51)29(48)24(18-44)55-37)57-36-33(31(50)28(47)23(17-43)54-36)56-35-26(41-20(3)45)30(49)27(46)22(16-42)53-35/h21-37,42-44,46-51H,2,6-18H2,1,3-5H3,(H,41,45)/t21-,22+,23+,24+,25-,26+,27+,28+,29+,30+,31-,32-,33+,34+,35-,36-,37-,39+,40+/m0/s1. The highest BCUT2D eigenvalue weighted by Gasteiger charge is 2.58. The summed E-state index contributed by atoms with van der Waals surface area (Å²) in [6.07, 6.45) is -15.5. The number of aliphatic hydroxyl groups is 9.